The number of likely N-dealkylation sites (tertiary alicyclic amines) is 1. The molecule has 5 nitrogen and oxygen atoms in total. The number of piperidine rings is 1. The average molecular weight is 424 g/mol. The molecule has 0 bridgehead atoms. The van der Waals surface area contributed by atoms with Crippen LogP contribution in [-0.4, -0.2) is 49.4 Å². The quantitative estimate of drug-likeness (QED) is 0.631. The predicted molar refractivity (Wildman–Crippen MR) is 108 cm³/mol. The van der Waals surface area contributed by atoms with Gasteiger partial charge in [-0.25, -0.2) is 0 Å². The van der Waals surface area contributed by atoms with E-state index in [1.807, 2.05) is 12.1 Å². The van der Waals surface area contributed by atoms with E-state index in [4.69, 9.17) is 0 Å². The summed E-state index contributed by atoms with van der Waals surface area (Å²) in [7, 11) is 0. The molecule has 0 aromatic heterocycles. The lowest BCUT2D eigenvalue weighted by Crippen LogP contribution is -2.40. The number of hydrogen-bond acceptors (Lipinski definition) is 3. The van der Waals surface area contributed by atoms with E-state index in [1.165, 1.54) is 19.5 Å². The lowest BCUT2D eigenvalue weighted by atomic mass is 9.92. The Bertz CT molecular complexity index is 581. The smallest absolute Gasteiger partial charge is 0.251 e. The molecule has 1 saturated heterocycles. The first-order valence-electron chi connectivity index (χ1n) is 9.47. The predicted octanol–water partition coefficient (Wildman–Crippen LogP) is 3.05. The molecule has 0 radical (unpaired) electrons. The molecule has 0 spiro atoms. The van der Waals surface area contributed by atoms with Crippen molar-refractivity contribution in [2.75, 3.05) is 32.7 Å². The summed E-state index contributed by atoms with van der Waals surface area (Å²) in [5, 5.41) is 5.72. The van der Waals surface area contributed by atoms with Crippen molar-refractivity contribution in [3.8, 4) is 0 Å². The van der Waals surface area contributed by atoms with E-state index < -0.39 is 0 Å². The van der Waals surface area contributed by atoms with E-state index in [-0.39, 0.29) is 11.8 Å². The van der Waals surface area contributed by atoms with Crippen LogP contribution in [0.5, 0.6) is 0 Å². The number of carbonyl (C=O) groups is 2. The molecular weight excluding hydrogens is 394 g/mol. The van der Waals surface area contributed by atoms with E-state index >= 15 is 0 Å². The fraction of sp³-hybridized carbons (Fsp3) is 0.600. The first-order chi connectivity index (χ1) is 12.4. The third kappa shape index (κ3) is 7.46. The van der Waals surface area contributed by atoms with E-state index in [0.717, 1.165) is 29.3 Å². The van der Waals surface area contributed by atoms with Gasteiger partial charge in [0.05, 0.1) is 0 Å². The van der Waals surface area contributed by atoms with Crippen molar-refractivity contribution in [1.29, 1.82) is 0 Å². The number of hydrogen-bond donors (Lipinski definition) is 2. The molecule has 1 fully saturated rings. The molecule has 0 saturated carbocycles. The van der Waals surface area contributed by atoms with Crippen molar-refractivity contribution in [2.45, 2.75) is 33.1 Å². The van der Waals surface area contributed by atoms with Gasteiger partial charge < -0.3 is 15.5 Å². The molecule has 2 N–H and O–H groups in total. The Morgan fingerprint density at radius 1 is 1.08 bits per heavy atom. The molecule has 26 heavy (non-hydrogen) atoms. The van der Waals surface area contributed by atoms with Crippen LogP contribution in [0.1, 0.15) is 43.5 Å². The zero-order chi connectivity index (χ0) is 18.9. The highest BCUT2D eigenvalue weighted by Crippen LogP contribution is 2.20. The second-order valence-corrected chi connectivity index (χ2v) is 8.34. The molecule has 1 aromatic rings. The van der Waals surface area contributed by atoms with Gasteiger partial charge in [0.1, 0.15) is 0 Å². The van der Waals surface area contributed by atoms with Gasteiger partial charge in [0, 0.05) is 42.6 Å². The van der Waals surface area contributed by atoms with Crippen molar-refractivity contribution < 1.29 is 9.59 Å². The van der Waals surface area contributed by atoms with E-state index in [0.29, 0.717) is 25.1 Å². The first kappa shape index (κ1) is 20.9. The molecule has 2 amide bonds. The molecule has 2 rings (SSSR count). The number of nitrogens with zero attached hydrogens (tertiary/aromatic N) is 1. The van der Waals surface area contributed by atoms with E-state index in [2.05, 4.69) is 45.3 Å². The Hall–Kier alpha value is -1.40. The summed E-state index contributed by atoms with van der Waals surface area (Å²) in [4.78, 5) is 26.3. The SMILES string of the molecule is C[C@@H]1C[C@@H](C)CN(CCCNC(=O)CCNC(=O)c2ccc(Br)cc2)C1. The normalized spacial score (nSPS) is 20.6. The molecule has 1 aliphatic heterocycles. The van der Waals surface area contributed by atoms with Crippen LogP contribution >= 0.6 is 15.9 Å². The highest BCUT2D eigenvalue weighted by Gasteiger charge is 2.21. The van der Waals surface area contributed by atoms with Crippen LogP contribution in [-0.2, 0) is 4.79 Å². The van der Waals surface area contributed by atoms with Crippen molar-refractivity contribution >= 4 is 27.7 Å². The van der Waals surface area contributed by atoms with Crippen molar-refractivity contribution in [1.82, 2.24) is 15.5 Å². The average Bonchev–Trinajstić information content (AvgIpc) is 2.58. The van der Waals surface area contributed by atoms with Crippen LogP contribution in [0.2, 0.25) is 0 Å². The summed E-state index contributed by atoms with van der Waals surface area (Å²) in [6.45, 7) is 9.04. The summed E-state index contributed by atoms with van der Waals surface area (Å²) in [6, 6.07) is 7.15. The van der Waals surface area contributed by atoms with Gasteiger partial charge in [0.2, 0.25) is 5.91 Å². The lowest BCUT2D eigenvalue weighted by molar-refractivity contribution is -0.120. The molecule has 2 atom stereocenters. The van der Waals surface area contributed by atoms with Crippen molar-refractivity contribution in [3.05, 3.63) is 34.3 Å². The Morgan fingerprint density at radius 2 is 1.73 bits per heavy atom. The Labute approximate surface area is 165 Å². The minimum absolute atomic E-state index is 0.0125. The third-order valence-electron chi connectivity index (χ3n) is 4.66. The topological polar surface area (TPSA) is 61.4 Å². The maximum absolute atomic E-state index is 12.0. The highest BCUT2D eigenvalue weighted by atomic mass is 79.9. The standard InChI is InChI=1S/C20H30BrN3O2/c1-15-12-16(2)14-24(13-15)11-3-9-22-19(25)8-10-23-20(26)17-4-6-18(21)7-5-17/h4-7,15-16H,3,8-14H2,1-2H3,(H,22,25)(H,23,26)/t15-,16-/m1/s1. The van der Waals surface area contributed by atoms with E-state index in [1.54, 1.807) is 12.1 Å². The molecule has 1 aliphatic rings. The fourth-order valence-corrected chi connectivity index (χ4v) is 3.85. The van der Waals surface area contributed by atoms with Gasteiger partial charge in [-0.05, 0) is 55.5 Å². The van der Waals surface area contributed by atoms with Gasteiger partial charge in [-0.2, -0.15) is 0 Å². The number of halogens is 1. The molecule has 6 heteroatoms. The minimum Gasteiger partial charge on any atom is -0.356 e. The van der Waals surface area contributed by atoms with Crippen molar-refractivity contribution in [3.63, 3.8) is 0 Å². The zero-order valence-electron chi connectivity index (χ0n) is 15.8. The Kier molecular flexibility index (Phi) is 8.59. The summed E-state index contributed by atoms with van der Waals surface area (Å²) in [6.07, 6.45) is 2.59. The monoisotopic (exact) mass is 423 g/mol. The summed E-state index contributed by atoms with van der Waals surface area (Å²) in [5.41, 5.74) is 0.596. The number of nitrogens with one attached hydrogen (secondary N) is 2. The van der Waals surface area contributed by atoms with Gasteiger partial charge in [0.25, 0.3) is 5.91 Å². The van der Waals surface area contributed by atoms with Crippen LogP contribution in [0.3, 0.4) is 0 Å². The maximum Gasteiger partial charge on any atom is 0.251 e. The largest absolute Gasteiger partial charge is 0.356 e. The summed E-state index contributed by atoms with van der Waals surface area (Å²) >= 11 is 3.34. The Morgan fingerprint density at radius 3 is 2.38 bits per heavy atom. The molecule has 1 aromatic carbocycles. The minimum atomic E-state index is -0.154. The number of amides is 2. The van der Waals surface area contributed by atoms with Gasteiger partial charge in [0.15, 0.2) is 0 Å². The van der Waals surface area contributed by atoms with Crippen LogP contribution in [0, 0.1) is 11.8 Å². The summed E-state index contributed by atoms with van der Waals surface area (Å²) in [5.74, 6) is 1.37. The van der Waals surface area contributed by atoms with Gasteiger partial charge >= 0.3 is 0 Å². The first-order valence-corrected chi connectivity index (χ1v) is 10.3. The van der Waals surface area contributed by atoms with Crippen molar-refractivity contribution in [2.24, 2.45) is 11.8 Å². The molecule has 144 valence electrons. The van der Waals surface area contributed by atoms with Crippen LogP contribution in [0.25, 0.3) is 0 Å². The molecule has 0 unspecified atom stereocenters. The molecule has 0 aliphatic carbocycles. The number of benzene rings is 1. The van der Waals surface area contributed by atoms with Crippen LogP contribution in [0.4, 0.5) is 0 Å². The molecule has 1 heterocycles. The zero-order valence-corrected chi connectivity index (χ0v) is 17.3. The van der Waals surface area contributed by atoms with Crippen LogP contribution < -0.4 is 10.6 Å². The fourth-order valence-electron chi connectivity index (χ4n) is 3.59. The van der Waals surface area contributed by atoms with Crippen LogP contribution in [0.15, 0.2) is 28.7 Å². The molecular formula is C20H30BrN3O2. The third-order valence-corrected chi connectivity index (χ3v) is 5.19. The van der Waals surface area contributed by atoms with Gasteiger partial charge in [-0.3, -0.25) is 9.59 Å². The number of carbonyl (C=O) groups excluding carboxylic acids is 2. The van der Waals surface area contributed by atoms with E-state index in [9.17, 15) is 9.59 Å². The summed E-state index contributed by atoms with van der Waals surface area (Å²) < 4.78 is 0.932. The second kappa shape index (κ2) is 10.7. The van der Waals surface area contributed by atoms with Gasteiger partial charge in [-0.15, -0.1) is 0 Å². The second-order valence-electron chi connectivity index (χ2n) is 7.42. The lowest BCUT2D eigenvalue weighted by Gasteiger charge is -2.34. The maximum atomic E-state index is 12.0. The highest BCUT2D eigenvalue weighted by molar-refractivity contribution is 9.10. The van der Waals surface area contributed by atoms with Gasteiger partial charge in [-0.1, -0.05) is 29.8 Å². The number of rotatable bonds is 8. The Balaban J connectivity index is 1.55.